The van der Waals surface area contributed by atoms with Crippen LogP contribution in [0.15, 0.2) is 53.4 Å². The molecule has 3 rings (SSSR count). The molecule has 0 spiro atoms. The number of carbonyl (C=O) groups is 3. The molecule has 176 valence electrons. The Kier molecular flexibility index (Phi) is 7.50. The van der Waals surface area contributed by atoms with Gasteiger partial charge in [-0.15, -0.1) is 0 Å². The number of amides is 3. The zero-order valence-electron chi connectivity index (χ0n) is 18.6. The van der Waals surface area contributed by atoms with Gasteiger partial charge in [-0.05, 0) is 54.8 Å². The van der Waals surface area contributed by atoms with Crippen LogP contribution in [0.5, 0.6) is 5.75 Å². The molecule has 10 heteroatoms. The molecule has 1 atom stereocenters. The third-order valence-corrected chi connectivity index (χ3v) is 6.29. The lowest BCUT2D eigenvalue weighted by Gasteiger charge is -2.26. The largest absolute Gasteiger partial charge is 0.494 e. The molecule has 1 saturated heterocycles. The molecular weight excluding hydrogens is 446 g/mol. The zero-order chi connectivity index (χ0) is 24.2. The van der Waals surface area contributed by atoms with Crippen molar-refractivity contribution in [3.8, 4) is 5.75 Å². The lowest BCUT2D eigenvalue weighted by molar-refractivity contribution is -0.136. The second-order valence-corrected chi connectivity index (χ2v) is 9.34. The van der Waals surface area contributed by atoms with Gasteiger partial charge in [-0.25, -0.2) is 18.5 Å². The molecule has 1 aliphatic heterocycles. The number of nitrogens with zero attached hydrogens (tertiary/aromatic N) is 2. The highest BCUT2D eigenvalue weighted by atomic mass is 32.2. The number of primary sulfonamides is 1. The normalized spacial score (nSPS) is 16.2. The average molecular weight is 474 g/mol. The van der Waals surface area contributed by atoms with Gasteiger partial charge in [-0.1, -0.05) is 19.1 Å². The van der Waals surface area contributed by atoms with Crippen LogP contribution in [-0.2, 0) is 30.8 Å². The molecule has 2 aromatic rings. The number of carbonyl (C=O) groups excluding carboxylic acids is 3. The van der Waals surface area contributed by atoms with Gasteiger partial charge in [0.2, 0.25) is 21.8 Å². The first kappa shape index (κ1) is 24.4. The first-order valence-corrected chi connectivity index (χ1v) is 12.1. The van der Waals surface area contributed by atoms with Gasteiger partial charge < -0.3 is 9.64 Å². The van der Waals surface area contributed by atoms with E-state index < -0.39 is 22.0 Å². The quantitative estimate of drug-likeness (QED) is 0.554. The SMILES string of the molecule is CCCOc1ccc(N2C(=O)C[C@@H](N(CCc3ccc(S(N)(=O)=O)cc3)C(C)=O)C2=O)cc1. The van der Waals surface area contributed by atoms with Gasteiger partial charge >= 0.3 is 0 Å². The molecule has 0 bridgehead atoms. The summed E-state index contributed by atoms with van der Waals surface area (Å²) in [5, 5.41) is 5.11. The van der Waals surface area contributed by atoms with Gasteiger partial charge in [0.25, 0.3) is 5.91 Å². The highest BCUT2D eigenvalue weighted by Gasteiger charge is 2.43. The number of benzene rings is 2. The number of hydrogen-bond acceptors (Lipinski definition) is 6. The van der Waals surface area contributed by atoms with Crippen LogP contribution in [0.4, 0.5) is 5.69 Å². The van der Waals surface area contributed by atoms with E-state index in [1.165, 1.54) is 24.0 Å². The van der Waals surface area contributed by atoms with Crippen LogP contribution in [-0.4, -0.2) is 50.2 Å². The van der Waals surface area contributed by atoms with Crippen LogP contribution >= 0.6 is 0 Å². The fourth-order valence-electron chi connectivity index (χ4n) is 3.67. The van der Waals surface area contributed by atoms with Crippen molar-refractivity contribution in [3.63, 3.8) is 0 Å². The molecule has 0 radical (unpaired) electrons. The number of sulfonamides is 1. The molecule has 1 fully saturated rings. The van der Waals surface area contributed by atoms with Crippen molar-refractivity contribution in [2.24, 2.45) is 5.14 Å². The van der Waals surface area contributed by atoms with Crippen molar-refractivity contribution >= 4 is 33.4 Å². The summed E-state index contributed by atoms with van der Waals surface area (Å²) in [4.78, 5) is 40.5. The molecule has 3 amide bonds. The van der Waals surface area contributed by atoms with E-state index in [4.69, 9.17) is 9.88 Å². The second kappa shape index (κ2) is 10.1. The van der Waals surface area contributed by atoms with Crippen LogP contribution in [0.3, 0.4) is 0 Å². The minimum absolute atomic E-state index is 0.00649. The van der Waals surface area contributed by atoms with Crippen molar-refractivity contribution in [1.82, 2.24) is 4.90 Å². The summed E-state index contributed by atoms with van der Waals surface area (Å²) in [6.07, 6.45) is 1.15. The molecular formula is C23H27N3O6S. The smallest absolute Gasteiger partial charge is 0.257 e. The predicted octanol–water partition coefficient (Wildman–Crippen LogP) is 1.85. The standard InChI is InChI=1S/C23H27N3O6S/c1-3-14-32-19-8-6-18(7-9-19)26-22(28)15-21(23(26)29)25(16(2)27)13-12-17-4-10-20(11-5-17)33(24,30)31/h4-11,21H,3,12-15H2,1-2H3,(H2,24,30,31)/t21-/m1/s1. The summed E-state index contributed by atoms with van der Waals surface area (Å²) in [6, 6.07) is 11.8. The van der Waals surface area contributed by atoms with E-state index in [9.17, 15) is 22.8 Å². The number of nitrogens with two attached hydrogens (primary N) is 1. The molecule has 0 unspecified atom stereocenters. The predicted molar refractivity (Wildman–Crippen MR) is 122 cm³/mol. The Bertz CT molecular complexity index is 1130. The zero-order valence-corrected chi connectivity index (χ0v) is 19.4. The number of imide groups is 1. The molecule has 2 N–H and O–H groups in total. The van der Waals surface area contributed by atoms with Crippen LogP contribution < -0.4 is 14.8 Å². The molecule has 0 aliphatic carbocycles. The van der Waals surface area contributed by atoms with Gasteiger partial charge in [0, 0.05) is 13.5 Å². The lowest BCUT2D eigenvalue weighted by Crippen LogP contribution is -2.45. The summed E-state index contributed by atoms with van der Waals surface area (Å²) in [5.74, 6) is -0.513. The third kappa shape index (κ3) is 5.77. The monoisotopic (exact) mass is 473 g/mol. The summed E-state index contributed by atoms with van der Waals surface area (Å²) >= 11 is 0. The Hall–Kier alpha value is -3.24. The van der Waals surface area contributed by atoms with E-state index in [1.807, 2.05) is 6.92 Å². The highest BCUT2D eigenvalue weighted by molar-refractivity contribution is 7.89. The fraction of sp³-hybridized carbons (Fsp3) is 0.348. The van der Waals surface area contributed by atoms with Gasteiger partial charge in [-0.3, -0.25) is 14.4 Å². The van der Waals surface area contributed by atoms with Crippen LogP contribution in [0.2, 0.25) is 0 Å². The summed E-state index contributed by atoms with van der Waals surface area (Å²) < 4.78 is 28.3. The molecule has 1 heterocycles. The fourth-order valence-corrected chi connectivity index (χ4v) is 4.19. The van der Waals surface area contributed by atoms with E-state index >= 15 is 0 Å². The van der Waals surface area contributed by atoms with E-state index in [1.54, 1.807) is 36.4 Å². The number of hydrogen-bond donors (Lipinski definition) is 1. The van der Waals surface area contributed by atoms with Crippen LogP contribution in [0.25, 0.3) is 0 Å². The van der Waals surface area contributed by atoms with Crippen LogP contribution in [0.1, 0.15) is 32.3 Å². The Morgan fingerprint density at radius 1 is 1.12 bits per heavy atom. The van der Waals surface area contributed by atoms with Crippen molar-refractivity contribution in [2.45, 2.75) is 44.0 Å². The van der Waals surface area contributed by atoms with Crippen LogP contribution in [0, 0.1) is 0 Å². The maximum atomic E-state index is 13.1. The average Bonchev–Trinajstić information content (AvgIpc) is 3.06. The molecule has 33 heavy (non-hydrogen) atoms. The first-order chi connectivity index (χ1) is 15.6. The lowest BCUT2D eigenvalue weighted by atomic mass is 10.1. The van der Waals surface area contributed by atoms with Gasteiger partial charge in [0.05, 0.1) is 23.6 Å². The van der Waals surface area contributed by atoms with E-state index in [-0.39, 0.29) is 29.7 Å². The van der Waals surface area contributed by atoms with E-state index in [0.29, 0.717) is 24.5 Å². The molecule has 2 aromatic carbocycles. The molecule has 1 aliphatic rings. The second-order valence-electron chi connectivity index (χ2n) is 7.78. The minimum atomic E-state index is -3.79. The maximum Gasteiger partial charge on any atom is 0.257 e. The van der Waals surface area contributed by atoms with Crippen molar-refractivity contribution < 1.29 is 27.5 Å². The van der Waals surface area contributed by atoms with Gasteiger partial charge in [0.15, 0.2) is 0 Å². The number of rotatable bonds is 9. The summed E-state index contributed by atoms with van der Waals surface area (Å²) in [5.41, 5.74) is 1.20. The summed E-state index contributed by atoms with van der Waals surface area (Å²) in [7, 11) is -3.79. The Balaban J connectivity index is 1.71. The topological polar surface area (TPSA) is 127 Å². The summed E-state index contributed by atoms with van der Waals surface area (Å²) in [6.45, 7) is 4.12. The first-order valence-electron chi connectivity index (χ1n) is 10.6. The molecule has 9 nitrogen and oxygen atoms in total. The Morgan fingerprint density at radius 2 is 1.76 bits per heavy atom. The van der Waals surface area contributed by atoms with E-state index in [2.05, 4.69) is 0 Å². The molecule has 0 aromatic heterocycles. The molecule has 0 saturated carbocycles. The maximum absolute atomic E-state index is 13.1. The Morgan fingerprint density at radius 3 is 2.30 bits per heavy atom. The third-order valence-electron chi connectivity index (χ3n) is 5.36. The number of ether oxygens (including phenoxy) is 1. The van der Waals surface area contributed by atoms with Crippen molar-refractivity contribution in [2.75, 3.05) is 18.1 Å². The van der Waals surface area contributed by atoms with Crippen molar-refractivity contribution in [1.29, 1.82) is 0 Å². The van der Waals surface area contributed by atoms with Gasteiger partial charge in [-0.2, -0.15) is 0 Å². The minimum Gasteiger partial charge on any atom is -0.494 e. The number of anilines is 1. The van der Waals surface area contributed by atoms with E-state index in [0.717, 1.165) is 16.9 Å². The van der Waals surface area contributed by atoms with Gasteiger partial charge in [0.1, 0.15) is 11.8 Å². The Labute approximate surface area is 193 Å². The highest BCUT2D eigenvalue weighted by Crippen LogP contribution is 2.28. The van der Waals surface area contributed by atoms with Crippen molar-refractivity contribution in [3.05, 3.63) is 54.1 Å².